The molecule has 0 bridgehead atoms. The minimum absolute atomic E-state index is 1.14. The molecule has 0 heterocycles. The molecule has 0 amide bonds. The average Bonchev–Trinajstić information content (AvgIpc) is 1.81. The van der Waals surface area contributed by atoms with Gasteiger partial charge in [-0.15, -0.1) is 4.39 Å². The highest BCUT2D eigenvalue weighted by Gasteiger charge is 1.50. The first-order chi connectivity index (χ1) is 3.91. The predicted octanol–water partition coefficient (Wildman–Crippen LogP) is 0.944. The van der Waals surface area contributed by atoms with Gasteiger partial charge in [0.05, 0.1) is 0 Å². The molecule has 0 radical (unpaired) electrons. The topological polar surface area (TPSA) is 0 Å². The highest BCUT2D eigenvalue weighted by molar-refractivity contribution is 5.34. The van der Waals surface area contributed by atoms with Crippen molar-refractivity contribution >= 4 is 0 Å². The van der Waals surface area contributed by atoms with E-state index in [0.29, 0.717) is 0 Å². The van der Waals surface area contributed by atoms with Gasteiger partial charge < -0.3 is 0 Å². The molecule has 0 nitrogen and oxygen atoms in total. The highest BCUT2D eigenvalue weighted by atomic mass is 19.1. The molecule has 0 aromatic heterocycles. The molecule has 0 aromatic rings. The SMILES string of the molecule is CC#CC#CC#CF. The third kappa shape index (κ3) is 4.61. The summed E-state index contributed by atoms with van der Waals surface area (Å²) in [6.45, 7) is 1.65. The van der Waals surface area contributed by atoms with Gasteiger partial charge in [-0.05, 0) is 18.8 Å². The van der Waals surface area contributed by atoms with Gasteiger partial charge in [0.25, 0.3) is 0 Å². The van der Waals surface area contributed by atoms with E-state index < -0.39 is 0 Å². The summed E-state index contributed by atoms with van der Waals surface area (Å²) < 4.78 is 10.9. The van der Waals surface area contributed by atoms with Gasteiger partial charge in [0.2, 0.25) is 0 Å². The van der Waals surface area contributed by atoms with E-state index in [4.69, 9.17) is 0 Å². The van der Waals surface area contributed by atoms with Crippen LogP contribution in [0.2, 0.25) is 0 Å². The Bertz CT molecular complexity index is 194. The van der Waals surface area contributed by atoms with E-state index >= 15 is 0 Å². The molecule has 0 rings (SSSR count). The maximum Gasteiger partial charge on any atom is 0.119 e. The molecule has 1 heteroatoms. The van der Waals surface area contributed by atoms with Crippen molar-refractivity contribution < 1.29 is 4.39 Å². The smallest absolute Gasteiger partial charge is 0.119 e. The fourth-order valence-electron chi connectivity index (χ4n) is 0.149. The maximum atomic E-state index is 10.9. The Morgan fingerprint density at radius 1 is 1.00 bits per heavy atom. The number of hydrogen-bond donors (Lipinski definition) is 0. The Morgan fingerprint density at radius 2 is 1.62 bits per heavy atom. The van der Waals surface area contributed by atoms with Crippen LogP contribution in [0.4, 0.5) is 4.39 Å². The molecule has 0 fully saturated rings. The van der Waals surface area contributed by atoms with Crippen LogP contribution in [-0.4, -0.2) is 0 Å². The van der Waals surface area contributed by atoms with E-state index in [-0.39, 0.29) is 0 Å². The van der Waals surface area contributed by atoms with Crippen LogP contribution in [-0.2, 0) is 0 Å². The Morgan fingerprint density at radius 3 is 2.12 bits per heavy atom. The van der Waals surface area contributed by atoms with Gasteiger partial charge in [-0.3, -0.25) is 0 Å². The van der Waals surface area contributed by atoms with Crippen molar-refractivity contribution in [3.8, 4) is 35.8 Å². The van der Waals surface area contributed by atoms with E-state index in [9.17, 15) is 4.39 Å². The van der Waals surface area contributed by atoms with Crippen LogP contribution >= 0.6 is 0 Å². The molecule has 38 valence electrons. The fourth-order valence-corrected chi connectivity index (χ4v) is 0.149. The Balaban J connectivity index is 3.75. The number of hydrogen-bond acceptors (Lipinski definition) is 0. The minimum Gasteiger partial charge on any atom is -0.143 e. The molecule has 0 N–H and O–H groups in total. The lowest BCUT2D eigenvalue weighted by atomic mass is 10.5. The summed E-state index contributed by atoms with van der Waals surface area (Å²) >= 11 is 0. The average molecular weight is 106 g/mol. The summed E-state index contributed by atoms with van der Waals surface area (Å²) in [5.74, 6) is 11.3. The van der Waals surface area contributed by atoms with Crippen molar-refractivity contribution in [1.82, 2.24) is 0 Å². The largest absolute Gasteiger partial charge is 0.143 e. The van der Waals surface area contributed by atoms with Crippen LogP contribution in [0.5, 0.6) is 0 Å². The van der Waals surface area contributed by atoms with Crippen molar-refractivity contribution in [3.63, 3.8) is 0 Å². The maximum absolute atomic E-state index is 10.9. The monoisotopic (exact) mass is 106 g/mol. The first-order valence-corrected chi connectivity index (χ1v) is 1.94. The molecule has 0 unspecified atom stereocenters. The summed E-state index contributed by atoms with van der Waals surface area (Å²) in [6.07, 6.45) is 1.14. The van der Waals surface area contributed by atoms with Crippen molar-refractivity contribution in [3.05, 3.63) is 0 Å². The molecule has 8 heavy (non-hydrogen) atoms. The highest BCUT2D eigenvalue weighted by Crippen LogP contribution is 1.54. The van der Waals surface area contributed by atoms with Crippen molar-refractivity contribution in [2.45, 2.75) is 6.92 Å². The molecule has 0 aromatic carbocycles. The lowest BCUT2D eigenvalue weighted by molar-refractivity contribution is 0.774. The van der Waals surface area contributed by atoms with Gasteiger partial charge in [0, 0.05) is 11.8 Å². The second-order valence-corrected chi connectivity index (χ2v) is 0.844. The van der Waals surface area contributed by atoms with Crippen molar-refractivity contribution in [2.24, 2.45) is 0 Å². The van der Waals surface area contributed by atoms with Gasteiger partial charge in [0.1, 0.15) is 6.17 Å². The van der Waals surface area contributed by atoms with Crippen LogP contribution < -0.4 is 0 Å². The summed E-state index contributed by atoms with van der Waals surface area (Å²) in [5.41, 5.74) is 0. The number of halogens is 1. The normalized spacial score (nSPS) is 3.75. The van der Waals surface area contributed by atoms with Gasteiger partial charge >= 0.3 is 0 Å². The Hall–Kier alpha value is -1.39. The first kappa shape index (κ1) is 6.61. The van der Waals surface area contributed by atoms with Crippen LogP contribution in [0.3, 0.4) is 0 Å². The van der Waals surface area contributed by atoms with Gasteiger partial charge in [-0.1, -0.05) is 5.92 Å². The summed E-state index contributed by atoms with van der Waals surface area (Å²) in [7, 11) is 0. The van der Waals surface area contributed by atoms with E-state index in [2.05, 4.69) is 23.7 Å². The molecular weight excluding hydrogens is 103 g/mol. The molecule has 0 saturated heterocycles. The van der Waals surface area contributed by atoms with E-state index in [1.54, 1.807) is 6.92 Å². The minimum atomic E-state index is 1.14. The molecule has 0 aliphatic heterocycles. The fraction of sp³-hybridized carbons (Fsp3) is 0.143. The zero-order chi connectivity index (χ0) is 6.24. The van der Waals surface area contributed by atoms with Crippen molar-refractivity contribution in [1.29, 1.82) is 0 Å². The van der Waals surface area contributed by atoms with Crippen molar-refractivity contribution in [2.75, 3.05) is 0 Å². The number of rotatable bonds is 0. The summed E-state index contributed by atoms with van der Waals surface area (Å²) in [5, 5.41) is 0. The first-order valence-electron chi connectivity index (χ1n) is 1.94. The summed E-state index contributed by atoms with van der Waals surface area (Å²) in [6, 6.07) is 0. The molecule has 0 aliphatic carbocycles. The molecule has 0 saturated carbocycles. The van der Waals surface area contributed by atoms with Crippen LogP contribution in [0, 0.1) is 35.8 Å². The predicted molar refractivity (Wildman–Crippen MR) is 30.1 cm³/mol. The van der Waals surface area contributed by atoms with E-state index in [0.717, 1.165) is 6.17 Å². The molecular formula is C7H3F. The molecule has 0 spiro atoms. The Labute approximate surface area is 48.1 Å². The standard InChI is InChI=1S/C7H3F/c1-2-3-4-5-6-7-8/h1H3. The lowest BCUT2D eigenvalue weighted by Crippen LogP contribution is -1.48. The van der Waals surface area contributed by atoms with Crippen LogP contribution in [0.15, 0.2) is 0 Å². The van der Waals surface area contributed by atoms with Gasteiger partial charge in [0.15, 0.2) is 0 Å². The van der Waals surface area contributed by atoms with Gasteiger partial charge in [-0.2, -0.15) is 0 Å². The van der Waals surface area contributed by atoms with Crippen LogP contribution in [0.1, 0.15) is 6.92 Å². The van der Waals surface area contributed by atoms with Crippen LogP contribution in [0.25, 0.3) is 0 Å². The van der Waals surface area contributed by atoms with E-state index in [1.807, 2.05) is 5.92 Å². The second-order valence-electron chi connectivity index (χ2n) is 0.844. The quantitative estimate of drug-likeness (QED) is 0.403. The molecule has 0 aliphatic rings. The van der Waals surface area contributed by atoms with E-state index in [1.165, 1.54) is 0 Å². The zero-order valence-electron chi connectivity index (χ0n) is 4.38. The third-order valence-corrected chi connectivity index (χ3v) is 0.360. The molecule has 0 atom stereocenters. The second kappa shape index (κ2) is 5.61. The van der Waals surface area contributed by atoms with Gasteiger partial charge in [-0.25, -0.2) is 0 Å². The lowest BCUT2D eigenvalue weighted by Gasteiger charge is -1.50. The third-order valence-electron chi connectivity index (χ3n) is 0.360. The Kier molecular flexibility index (Phi) is 4.64. The summed E-state index contributed by atoms with van der Waals surface area (Å²) in [4.78, 5) is 0. The zero-order valence-corrected chi connectivity index (χ0v) is 4.38.